The lowest BCUT2D eigenvalue weighted by atomic mass is 9.96. The first-order valence-electron chi connectivity index (χ1n) is 11.2. The number of carbonyl (C=O) groups is 1. The van der Waals surface area contributed by atoms with Crippen LogP contribution in [0.25, 0.3) is 10.9 Å². The normalized spacial score (nSPS) is 16.2. The van der Waals surface area contributed by atoms with Crippen LogP contribution in [0, 0.1) is 11.3 Å². The van der Waals surface area contributed by atoms with Crippen molar-refractivity contribution in [1.29, 1.82) is 5.26 Å². The number of nitriles is 1. The summed E-state index contributed by atoms with van der Waals surface area (Å²) in [5.74, 6) is -0.992. The summed E-state index contributed by atoms with van der Waals surface area (Å²) in [6.45, 7) is 4.71. The van der Waals surface area contributed by atoms with Crippen LogP contribution in [0.3, 0.4) is 0 Å². The number of nitrogens with zero attached hydrogens (tertiary/aromatic N) is 3. The van der Waals surface area contributed by atoms with E-state index >= 15 is 0 Å². The van der Waals surface area contributed by atoms with Crippen LogP contribution in [0.1, 0.15) is 33.5 Å². The summed E-state index contributed by atoms with van der Waals surface area (Å²) in [4.78, 5) is 32.2. The molecule has 33 heavy (non-hydrogen) atoms. The molecule has 3 N–H and O–H groups in total. The second kappa shape index (κ2) is 8.60. The summed E-state index contributed by atoms with van der Waals surface area (Å²) in [5, 5.41) is 22.7. The van der Waals surface area contributed by atoms with Gasteiger partial charge in [0.2, 0.25) is 0 Å². The highest BCUT2D eigenvalue weighted by Gasteiger charge is 2.23. The first-order valence-corrected chi connectivity index (χ1v) is 11.2. The molecule has 0 radical (unpaired) electrons. The molecule has 8 nitrogen and oxygen atoms in total. The second-order valence-electron chi connectivity index (χ2n) is 8.63. The van der Waals surface area contributed by atoms with Crippen LogP contribution in [0.15, 0.2) is 41.2 Å². The molecule has 0 spiro atoms. The van der Waals surface area contributed by atoms with Gasteiger partial charge in [-0.1, -0.05) is 0 Å². The number of aromatic nitrogens is 1. The van der Waals surface area contributed by atoms with Gasteiger partial charge in [0.1, 0.15) is 0 Å². The Balaban J connectivity index is 1.38. The minimum absolute atomic E-state index is 0.144. The molecule has 0 atom stereocenters. The van der Waals surface area contributed by atoms with Gasteiger partial charge in [0, 0.05) is 55.9 Å². The predicted molar refractivity (Wildman–Crippen MR) is 127 cm³/mol. The third kappa shape index (κ3) is 4.03. The molecular weight excluding hydrogens is 418 g/mol. The molecule has 0 unspecified atom stereocenters. The van der Waals surface area contributed by atoms with Crippen molar-refractivity contribution in [3.63, 3.8) is 0 Å². The number of hydrogen-bond donors (Lipinski definition) is 3. The maximum Gasteiger partial charge on any atom is 0.336 e. The van der Waals surface area contributed by atoms with Gasteiger partial charge >= 0.3 is 5.97 Å². The van der Waals surface area contributed by atoms with Crippen LogP contribution >= 0.6 is 0 Å². The Kier molecular flexibility index (Phi) is 5.48. The first-order chi connectivity index (χ1) is 16.0. The molecule has 3 heterocycles. The number of benzene rings is 2. The highest BCUT2D eigenvalue weighted by atomic mass is 16.4. The van der Waals surface area contributed by atoms with Crippen LogP contribution < -0.4 is 15.8 Å². The van der Waals surface area contributed by atoms with Crippen LogP contribution in [0.2, 0.25) is 0 Å². The van der Waals surface area contributed by atoms with E-state index in [2.05, 4.69) is 26.2 Å². The lowest BCUT2D eigenvalue weighted by Crippen LogP contribution is -2.46. The highest BCUT2D eigenvalue weighted by molar-refractivity contribution is 6.09. The van der Waals surface area contributed by atoms with Gasteiger partial charge in [-0.05, 0) is 54.8 Å². The predicted octanol–water partition coefficient (Wildman–Crippen LogP) is 2.78. The van der Waals surface area contributed by atoms with Crippen LogP contribution in [-0.2, 0) is 13.0 Å². The van der Waals surface area contributed by atoms with Gasteiger partial charge in [-0.15, -0.1) is 0 Å². The zero-order chi connectivity index (χ0) is 22.9. The number of hydrogen-bond acceptors (Lipinski definition) is 6. The Morgan fingerprint density at radius 1 is 1.12 bits per heavy atom. The van der Waals surface area contributed by atoms with Crippen molar-refractivity contribution in [2.24, 2.45) is 0 Å². The Hall–Kier alpha value is -3.83. The number of carboxylic acids is 1. The van der Waals surface area contributed by atoms with Crippen LogP contribution in [0.5, 0.6) is 0 Å². The van der Waals surface area contributed by atoms with Gasteiger partial charge in [-0.2, -0.15) is 5.26 Å². The third-order valence-electron chi connectivity index (χ3n) is 6.55. The summed E-state index contributed by atoms with van der Waals surface area (Å²) in [6, 6.07) is 13.4. The Morgan fingerprint density at radius 3 is 2.58 bits per heavy atom. The standard InChI is InChI=1S/C25H25N5O3/c26-14-16-3-5-18(6-4-16)30-10-8-29(9-11-30)15-17-12-20(25(32)33)22-21(13-17)28-24(31)19-2-1-7-27-23(19)22/h3-6,12-13,27H,1-2,7-11,15H2,(H,28,31)(H,32,33). The van der Waals surface area contributed by atoms with Crippen molar-refractivity contribution in [3.8, 4) is 6.07 Å². The lowest BCUT2D eigenvalue weighted by molar-refractivity contribution is 0.0699. The van der Waals surface area contributed by atoms with E-state index in [4.69, 9.17) is 5.26 Å². The zero-order valence-electron chi connectivity index (χ0n) is 18.2. The monoisotopic (exact) mass is 443 g/mol. The molecule has 5 rings (SSSR count). The fourth-order valence-electron chi connectivity index (χ4n) is 4.87. The summed E-state index contributed by atoms with van der Waals surface area (Å²) >= 11 is 0. The maximum absolute atomic E-state index is 12.6. The Labute approximate surface area is 191 Å². The van der Waals surface area contributed by atoms with Crippen molar-refractivity contribution in [2.45, 2.75) is 19.4 Å². The summed E-state index contributed by atoms with van der Waals surface area (Å²) in [6.07, 6.45) is 1.51. The van der Waals surface area contributed by atoms with Crippen molar-refractivity contribution in [2.75, 3.05) is 42.9 Å². The fourth-order valence-corrected chi connectivity index (χ4v) is 4.87. The molecule has 168 valence electrons. The number of fused-ring (bicyclic) bond motifs is 3. The zero-order valence-corrected chi connectivity index (χ0v) is 18.2. The van der Waals surface area contributed by atoms with E-state index < -0.39 is 5.97 Å². The number of nitrogens with one attached hydrogen (secondary N) is 2. The number of piperazine rings is 1. The quantitative estimate of drug-likeness (QED) is 0.568. The minimum atomic E-state index is -0.992. The largest absolute Gasteiger partial charge is 0.478 e. The van der Waals surface area contributed by atoms with Crippen LogP contribution in [-0.4, -0.2) is 53.7 Å². The third-order valence-corrected chi connectivity index (χ3v) is 6.55. The van der Waals surface area contributed by atoms with Crippen molar-refractivity contribution in [1.82, 2.24) is 9.88 Å². The van der Waals surface area contributed by atoms with E-state index in [9.17, 15) is 14.7 Å². The number of rotatable bonds is 4. The lowest BCUT2D eigenvalue weighted by Gasteiger charge is -2.36. The Morgan fingerprint density at radius 2 is 1.88 bits per heavy atom. The van der Waals surface area contributed by atoms with Crippen molar-refractivity contribution in [3.05, 3.63) is 69.0 Å². The number of H-pyrrole nitrogens is 1. The molecule has 1 fully saturated rings. The average molecular weight is 444 g/mol. The molecule has 0 amide bonds. The van der Waals surface area contributed by atoms with Gasteiger partial charge in [0.05, 0.1) is 28.4 Å². The molecule has 2 aliphatic rings. The van der Waals surface area contributed by atoms with E-state index in [1.165, 1.54) is 0 Å². The minimum Gasteiger partial charge on any atom is -0.478 e. The van der Waals surface area contributed by atoms with Gasteiger partial charge in [0.25, 0.3) is 5.56 Å². The molecule has 0 saturated carbocycles. The number of aromatic amines is 1. The van der Waals surface area contributed by atoms with Gasteiger partial charge < -0.3 is 20.3 Å². The molecule has 2 aromatic carbocycles. The van der Waals surface area contributed by atoms with E-state index in [0.29, 0.717) is 40.7 Å². The van der Waals surface area contributed by atoms with E-state index in [0.717, 1.165) is 50.4 Å². The molecule has 1 aromatic heterocycles. The topological polar surface area (TPSA) is 112 Å². The van der Waals surface area contributed by atoms with Crippen LogP contribution in [0.4, 0.5) is 11.4 Å². The molecule has 8 heteroatoms. The molecule has 3 aromatic rings. The number of anilines is 2. The number of aromatic carboxylic acids is 1. The molecule has 0 aliphatic carbocycles. The van der Waals surface area contributed by atoms with Gasteiger partial charge in [-0.25, -0.2) is 4.79 Å². The molecule has 2 aliphatic heterocycles. The summed E-state index contributed by atoms with van der Waals surface area (Å²) in [5.41, 5.74) is 4.58. The van der Waals surface area contributed by atoms with E-state index in [-0.39, 0.29) is 11.1 Å². The Bertz CT molecular complexity index is 1320. The first kappa shape index (κ1) is 21.0. The average Bonchev–Trinajstić information content (AvgIpc) is 2.84. The molecular formula is C25H25N5O3. The van der Waals surface area contributed by atoms with Gasteiger partial charge in [0.15, 0.2) is 0 Å². The molecule has 1 saturated heterocycles. The summed E-state index contributed by atoms with van der Waals surface area (Å²) in [7, 11) is 0. The van der Waals surface area contributed by atoms with Crippen molar-refractivity contribution < 1.29 is 9.90 Å². The SMILES string of the molecule is N#Cc1ccc(N2CCN(Cc3cc(C(=O)O)c4c5c(c(=O)[nH]c4c3)CCCN5)CC2)cc1. The smallest absolute Gasteiger partial charge is 0.336 e. The summed E-state index contributed by atoms with van der Waals surface area (Å²) < 4.78 is 0. The van der Waals surface area contributed by atoms with E-state index in [1.807, 2.05) is 30.3 Å². The number of carboxylic acid groups (broad SMARTS) is 1. The molecule has 0 bridgehead atoms. The number of pyridine rings is 1. The maximum atomic E-state index is 12.6. The van der Waals surface area contributed by atoms with Crippen molar-refractivity contribution >= 4 is 28.2 Å². The van der Waals surface area contributed by atoms with E-state index in [1.54, 1.807) is 6.07 Å². The fraction of sp³-hybridized carbons (Fsp3) is 0.320. The second-order valence-corrected chi connectivity index (χ2v) is 8.63. The van der Waals surface area contributed by atoms with Gasteiger partial charge in [-0.3, -0.25) is 9.69 Å². The highest BCUT2D eigenvalue weighted by Crippen LogP contribution is 2.32.